The molecule has 0 N–H and O–H groups in total. The quantitative estimate of drug-likeness (QED) is 0.0947. The summed E-state index contributed by atoms with van der Waals surface area (Å²) in [5.74, 6) is 0. The van der Waals surface area contributed by atoms with Gasteiger partial charge < -0.3 is 14.7 Å². The Balaban J connectivity index is 0.000000108. The Bertz CT molecular complexity index is 10500. The van der Waals surface area contributed by atoms with Crippen molar-refractivity contribution in [3.8, 4) is 66.8 Å². The molecular weight excluding hydrogens is 1870 g/mol. The van der Waals surface area contributed by atoms with Crippen molar-refractivity contribution >= 4 is 243 Å². The molecule has 0 atom stereocenters. The molecule has 0 saturated heterocycles. The maximum absolute atomic E-state index is 2.43. The normalized spacial score (nSPS) is 11.6. The molecule has 30 aromatic rings. The number of thiophene rings is 3. The molecule has 0 spiro atoms. The van der Waals surface area contributed by atoms with Gasteiger partial charge in [0.1, 0.15) is 0 Å². The van der Waals surface area contributed by atoms with Gasteiger partial charge in [-0.1, -0.05) is 425 Å². The number of benzene rings is 27. The van der Waals surface area contributed by atoms with Gasteiger partial charge in [0.15, 0.2) is 0 Å². The van der Waals surface area contributed by atoms with Gasteiger partial charge in [-0.3, -0.25) is 0 Å². The van der Waals surface area contributed by atoms with Crippen molar-refractivity contribution in [3.63, 3.8) is 0 Å². The highest BCUT2D eigenvalue weighted by atomic mass is 32.1. The van der Waals surface area contributed by atoms with E-state index in [1.807, 2.05) is 34.0 Å². The maximum Gasteiger partial charge on any atom is 0.0540 e. The lowest BCUT2D eigenvalue weighted by Gasteiger charge is -2.28. The lowest BCUT2D eigenvalue weighted by molar-refractivity contribution is 1.29. The van der Waals surface area contributed by atoms with Crippen molar-refractivity contribution in [1.82, 2.24) is 0 Å². The van der Waals surface area contributed by atoms with Crippen LogP contribution in [0, 0.1) is 0 Å². The van der Waals surface area contributed by atoms with Crippen LogP contribution in [0.4, 0.5) is 51.2 Å². The van der Waals surface area contributed by atoms with Crippen LogP contribution in [0.3, 0.4) is 0 Å². The molecular formula is C144H93N3S3. The van der Waals surface area contributed by atoms with Crippen LogP contribution < -0.4 is 14.7 Å². The minimum absolute atomic E-state index is 1.12. The average Bonchev–Trinajstić information content (AvgIpc) is 1.58. The molecule has 3 aromatic heterocycles. The van der Waals surface area contributed by atoms with E-state index in [0.29, 0.717) is 0 Å². The summed E-state index contributed by atoms with van der Waals surface area (Å²) in [6.45, 7) is 0. The first kappa shape index (κ1) is 89.0. The van der Waals surface area contributed by atoms with Gasteiger partial charge in [0.25, 0.3) is 0 Å². The third-order valence-corrected chi connectivity index (χ3v) is 33.8. The molecule has 3 nitrogen and oxygen atoms in total. The average molecular weight is 1960 g/mol. The van der Waals surface area contributed by atoms with Gasteiger partial charge in [0, 0.05) is 128 Å². The SMILES string of the molecule is c1ccc(-c2ccc(N(c3ccc(-c4cc5ccccc5c5ccccc45)cc3)c3ccc4ccc5c6ccccc6sc5c4c3)cc2)cc1.c1ccc(-c2cccc(N(c3ccc(-c4ccc5c(ccc6ccccc65)c4)cc3)c3ccc4ccc5c6ccccc6sc5c4c3)c2)cc1.c1ccc(-c2ccccc2N(c2ccc(-c3cc4ccccc4c4ccccc34)cc2)c2ccc3ccc4c5ccccc5sc4c3c2)cc1. The lowest BCUT2D eigenvalue weighted by atomic mass is 9.93. The summed E-state index contributed by atoms with van der Waals surface area (Å²) in [5.41, 5.74) is 24.7. The standard InChI is InChI=1S/3C48H31NS/c1-2-12-32(13-3-1)39-16-8-10-20-46(39)49(37-28-24-34-25-29-43-42-19-9-11-21-47(42)50-48(43)45(34)31-37)36-26-22-33(23-27-36)44-30-35-14-4-5-15-38(35)40-17-6-7-18-41(40)44;1-2-10-32(11-3-1)33-18-24-37(25-19-33)49(39-28-22-35-23-29-44-43-16-8-9-17-47(43)50-48(44)46(35)31-39)38-26-20-34(21-27-38)45-30-36-12-4-5-13-40(36)41-14-6-7-15-42(41)45;1-2-9-32(10-3-1)36-12-8-13-40(30-36)49(41-26-21-35-22-28-45-44-15-6-7-16-47(44)50-48(45)46(35)31-41)39-24-19-33(20-25-39)37-23-27-43-38(29-37)18-17-34-11-4-5-14-42(34)43/h3*1-31H. The molecule has 0 saturated carbocycles. The Morgan fingerprint density at radius 3 is 0.840 bits per heavy atom. The van der Waals surface area contributed by atoms with E-state index in [1.54, 1.807) is 0 Å². The van der Waals surface area contributed by atoms with E-state index in [9.17, 15) is 0 Å². The van der Waals surface area contributed by atoms with Gasteiger partial charge >= 0.3 is 0 Å². The van der Waals surface area contributed by atoms with Crippen molar-refractivity contribution < 1.29 is 0 Å². The van der Waals surface area contributed by atoms with Crippen molar-refractivity contribution in [2.75, 3.05) is 14.7 Å². The predicted octanol–water partition coefficient (Wildman–Crippen LogP) is 43.0. The third-order valence-electron chi connectivity index (χ3n) is 30.1. The molecule has 0 bridgehead atoms. The van der Waals surface area contributed by atoms with Crippen LogP contribution in [-0.2, 0) is 0 Å². The first-order valence-electron chi connectivity index (χ1n) is 51.3. The minimum Gasteiger partial charge on any atom is -0.310 e. The highest BCUT2D eigenvalue weighted by Crippen LogP contribution is 2.51. The zero-order valence-corrected chi connectivity index (χ0v) is 84.2. The maximum atomic E-state index is 2.43. The fourth-order valence-corrected chi connectivity index (χ4v) is 26.5. The summed E-state index contributed by atoms with van der Waals surface area (Å²) in [7, 11) is 0. The monoisotopic (exact) mass is 1960 g/mol. The van der Waals surface area contributed by atoms with Crippen molar-refractivity contribution in [2.45, 2.75) is 0 Å². The van der Waals surface area contributed by atoms with Crippen molar-refractivity contribution in [2.24, 2.45) is 0 Å². The van der Waals surface area contributed by atoms with Crippen LogP contribution in [0.1, 0.15) is 0 Å². The van der Waals surface area contributed by atoms with Crippen molar-refractivity contribution in [3.05, 3.63) is 564 Å². The molecule has 3 heterocycles. The molecule has 0 fully saturated rings. The van der Waals surface area contributed by atoms with Gasteiger partial charge in [-0.2, -0.15) is 0 Å². The number of para-hydroxylation sites is 1. The Morgan fingerprint density at radius 2 is 0.373 bits per heavy atom. The van der Waals surface area contributed by atoms with Crippen LogP contribution in [0.5, 0.6) is 0 Å². The molecule has 0 radical (unpaired) electrons. The number of anilines is 9. The number of fused-ring (bicyclic) bond motifs is 24. The van der Waals surface area contributed by atoms with Gasteiger partial charge in [0.05, 0.1) is 5.69 Å². The van der Waals surface area contributed by atoms with Crippen LogP contribution in [0.15, 0.2) is 564 Å². The van der Waals surface area contributed by atoms with Crippen LogP contribution in [0.25, 0.3) is 224 Å². The smallest absolute Gasteiger partial charge is 0.0540 e. The molecule has 0 aliphatic heterocycles. The van der Waals surface area contributed by atoms with Gasteiger partial charge in [-0.15, -0.1) is 34.0 Å². The third kappa shape index (κ3) is 16.2. The van der Waals surface area contributed by atoms with E-state index in [4.69, 9.17) is 0 Å². The van der Waals surface area contributed by atoms with Crippen LogP contribution >= 0.6 is 34.0 Å². The van der Waals surface area contributed by atoms with E-state index in [2.05, 4.69) is 579 Å². The van der Waals surface area contributed by atoms with Crippen LogP contribution in [0.2, 0.25) is 0 Å². The van der Waals surface area contributed by atoms with Crippen molar-refractivity contribution in [1.29, 1.82) is 0 Å². The second-order valence-corrected chi connectivity index (χ2v) is 42.0. The summed E-state index contributed by atoms with van der Waals surface area (Å²) < 4.78 is 7.98. The molecule has 0 amide bonds. The zero-order valence-electron chi connectivity index (χ0n) is 81.8. The number of rotatable bonds is 15. The molecule has 150 heavy (non-hydrogen) atoms. The zero-order chi connectivity index (χ0) is 99.1. The largest absolute Gasteiger partial charge is 0.310 e. The highest BCUT2D eigenvalue weighted by molar-refractivity contribution is 7.27. The molecule has 27 aromatic carbocycles. The topological polar surface area (TPSA) is 9.72 Å². The van der Waals surface area contributed by atoms with Crippen LogP contribution in [-0.4, -0.2) is 0 Å². The fourth-order valence-electron chi connectivity index (χ4n) is 22.8. The summed E-state index contributed by atoms with van der Waals surface area (Å²) in [4.78, 5) is 7.22. The minimum atomic E-state index is 1.12. The fraction of sp³-hybridized carbons (Fsp3) is 0. The van der Waals surface area contributed by atoms with E-state index in [-0.39, 0.29) is 0 Å². The van der Waals surface area contributed by atoms with E-state index in [0.717, 1.165) is 51.2 Å². The molecule has 702 valence electrons. The van der Waals surface area contributed by atoms with Gasteiger partial charge in [-0.25, -0.2) is 0 Å². The van der Waals surface area contributed by atoms with Gasteiger partial charge in [0.2, 0.25) is 0 Å². The molecule has 0 aliphatic carbocycles. The number of hydrogen-bond donors (Lipinski definition) is 0. The predicted molar refractivity (Wildman–Crippen MR) is 652 cm³/mol. The van der Waals surface area contributed by atoms with E-state index < -0.39 is 0 Å². The first-order chi connectivity index (χ1) is 74.3. The summed E-state index contributed by atoms with van der Waals surface area (Å²) in [6.07, 6.45) is 0. The Hall–Kier alpha value is -18.7. The summed E-state index contributed by atoms with van der Waals surface area (Å²) in [5, 5.41) is 30.9. The Kier molecular flexibility index (Phi) is 22.6. The second-order valence-electron chi connectivity index (χ2n) is 38.8. The highest BCUT2D eigenvalue weighted by Gasteiger charge is 2.25. The Morgan fingerprint density at radius 1 is 0.113 bits per heavy atom. The number of nitrogens with zero attached hydrogens (tertiary/aromatic N) is 3. The van der Waals surface area contributed by atoms with E-state index >= 15 is 0 Å². The first-order valence-corrected chi connectivity index (χ1v) is 53.7. The molecule has 6 heteroatoms. The lowest BCUT2D eigenvalue weighted by Crippen LogP contribution is -2.11. The van der Waals surface area contributed by atoms with E-state index in [1.165, 1.54) is 224 Å². The van der Waals surface area contributed by atoms with Gasteiger partial charge in [-0.05, 0) is 282 Å². The Labute approximate surface area is 881 Å². The second kappa shape index (κ2) is 38.1. The molecule has 0 unspecified atom stereocenters. The summed E-state index contributed by atoms with van der Waals surface area (Å²) >= 11 is 5.66. The summed E-state index contributed by atoms with van der Waals surface area (Å²) in [6, 6.07) is 206. The molecule has 0 aliphatic rings. The molecule has 30 rings (SSSR count). The number of hydrogen-bond acceptors (Lipinski definition) is 6.